The van der Waals surface area contributed by atoms with E-state index in [9.17, 15) is 20.2 Å². The molecule has 0 saturated heterocycles. The van der Waals surface area contributed by atoms with Gasteiger partial charge in [-0.25, -0.2) is 0 Å². The number of aromatic nitrogens is 2. The molecule has 1 heterocycles. The number of nitrogens with two attached hydrogens (primary N) is 1. The molecule has 11 heteroatoms. The number of nitro benzene ring substituents is 1. The summed E-state index contributed by atoms with van der Waals surface area (Å²) < 4.78 is 0. The van der Waals surface area contributed by atoms with Crippen LogP contribution in [0.4, 0.5) is 34.6 Å². The van der Waals surface area contributed by atoms with Crippen molar-refractivity contribution < 1.29 is 9.85 Å². The first-order chi connectivity index (χ1) is 10.4. The molecule has 0 aliphatic rings. The molecule has 0 radical (unpaired) electrons. The molecule has 0 aliphatic carbocycles. The summed E-state index contributed by atoms with van der Waals surface area (Å²) in [6, 6.07) is 5.85. The highest BCUT2D eigenvalue weighted by molar-refractivity contribution is 5.73. The molecule has 0 fully saturated rings. The predicted molar refractivity (Wildman–Crippen MR) is 79.0 cm³/mol. The van der Waals surface area contributed by atoms with Crippen LogP contribution in [0.5, 0.6) is 0 Å². The second-order valence-corrected chi connectivity index (χ2v) is 4.04. The molecule has 0 unspecified atom stereocenters. The van der Waals surface area contributed by atoms with Crippen molar-refractivity contribution in [3.05, 3.63) is 44.5 Å². The van der Waals surface area contributed by atoms with Gasteiger partial charge in [-0.2, -0.15) is 9.97 Å². The van der Waals surface area contributed by atoms with Gasteiger partial charge in [0.2, 0.25) is 17.6 Å². The van der Waals surface area contributed by atoms with Gasteiger partial charge in [-0.3, -0.25) is 20.2 Å². The molecule has 0 atom stereocenters. The standard InChI is InChI=1S/C11H11N7O4/c1-13-10-8(18(21)22)9(12)15-11(16-10)14-6-4-2-3-5-7(6)17(19)20/h2-5H,1H3,(H4,12,13,14,15,16). The van der Waals surface area contributed by atoms with Gasteiger partial charge in [-0.1, -0.05) is 12.1 Å². The fourth-order valence-corrected chi connectivity index (χ4v) is 1.74. The first-order valence-corrected chi connectivity index (χ1v) is 5.94. The predicted octanol–water partition coefficient (Wildman–Crippen LogP) is 1.66. The first kappa shape index (κ1) is 14.9. The molecule has 0 aliphatic heterocycles. The summed E-state index contributed by atoms with van der Waals surface area (Å²) in [4.78, 5) is 28.2. The van der Waals surface area contributed by atoms with Crippen LogP contribution in [-0.4, -0.2) is 26.9 Å². The van der Waals surface area contributed by atoms with Crippen LogP contribution in [0.1, 0.15) is 0 Å². The minimum absolute atomic E-state index is 0.0956. The van der Waals surface area contributed by atoms with E-state index >= 15 is 0 Å². The van der Waals surface area contributed by atoms with E-state index in [2.05, 4.69) is 20.6 Å². The summed E-state index contributed by atoms with van der Waals surface area (Å²) in [6.07, 6.45) is 0. The molecule has 22 heavy (non-hydrogen) atoms. The zero-order chi connectivity index (χ0) is 16.3. The Labute approximate surface area is 123 Å². The molecule has 114 valence electrons. The van der Waals surface area contributed by atoms with Crippen molar-refractivity contribution in [2.45, 2.75) is 0 Å². The van der Waals surface area contributed by atoms with Crippen LogP contribution in [0.15, 0.2) is 24.3 Å². The number of hydrogen-bond acceptors (Lipinski definition) is 9. The van der Waals surface area contributed by atoms with Crippen molar-refractivity contribution in [1.82, 2.24) is 9.97 Å². The van der Waals surface area contributed by atoms with E-state index in [0.29, 0.717) is 0 Å². The fourth-order valence-electron chi connectivity index (χ4n) is 1.74. The number of nitro groups is 2. The van der Waals surface area contributed by atoms with Crippen LogP contribution < -0.4 is 16.4 Å². The number of nitrogens with one attached hydrogen (secondary N) is 2. The van der Waals surface area contributed by atoms with E-state index in [1.807, 2.05) is 0 Å². The number of anilines is 4. The Morgan fingerprint density at radius 3 is 2.41 bits per heavy atom. The van der Waals surface area contributed by atoms with Crippen LogP contribution in [0.3, 0.4) is 0 Å². The maximum absolute atomic E-state index is 10.9. The van der Waals surface area contributed by atoms with Crippen molar-refractivity contribution in [3.8, 4) is 0 Å². The van der Waals surface area contributed by atoms with E-state index in [0.717, 1.165) is 0 Å². The molecular weight excluding hydrogens is 294 g/mol. The molecule has 2 rings (SSSR count). The second kappa shape index (κ2) is 5.87. The summed E-state index contributed by atoms with van der Waals surface area (Å²) in [5, 5.41) is 27.0. The third kappa shape index (κ3) is 2.82. The summed E-state index contributed by atoms with van der Waals surface area (Å²) in [5.41, 5.74) is 5.04. The first-order valence-electron chi connectivity index (χ1n) is 5.94. The fraction of sp³-hybridized carbons (Fsp3) is 0.0909. The topological polar surface area (TPSA) is 162 Å². The zero-order valence-electron chi connectivity index (χ0n) is 11.3. The number of nitrogen functional groups attached to an aromatic ring is 1. The van der Waals surface area contributed by atoms with Crippen LogP contribution in [0.2, 0.25) is 0 Å². The quantitative estimate of drug-likeness (QED) is 0.550. The molecular formula is C11H11N7O4. The Hall–Kier alpha value is -3.50. The largest absolute Gasteiger partial charge is 0.378 e. The highest BCUT2D eigenvalue weighted by atomic mass is 16.6. The molecule has 0 bridgehead atoms. The van der Waals surface area contributed by atoms with Crippen molar-refractivity contribution in [2.75, 3.05) is 23.4 Å². The second-order valence-electron chi connectivity index (χ2n) is 4.04. The van der Waals surface area contributed by atoms with Gasteiger partial charge in [0, 0.05) is 13.1 Å². The normalized spacial score (nSPS) is 10.0. The Kier molecular flexibility index (Phi) is 3.97. The third-order valence-corrected chi connectivity index (χ3v) is 2.68. The Morgan fingerprint density at radius 2 is 1.82 bits per heavy atom. The van der Waals surface area contributed by atoms with Crippen LogP contribution in [-0.2, 0) is 0 Å². The molecule has 0 spiro atoms. The molecule has 1 aromatic carbocycles. The highest BCUT2D eigenvalue weighted by Crippen LogP contribution is 2.31. The smallest absolute Gasteiger partial charge is 0.353 e. The van der Waals surface area contributed by atoms with Crippen LogP contribution in [0, 0.1) is 20.2 Å². The minimum Gasteiger partial charge on any atom is -0.378 e. The zero-order valence-corrected chi connectivity index (χ0v) is 11.3. The molecule has 1 aromatic heterocycles. The van der Waals surface area contributed by atoms with E-state index in [1.54, 1.807) is 6.07 Å². The SMILES string of the molecule is CNc1nc(Nc2ccccc2[N+](=O)[O-])nc(N)c1[N+](=O)[O-]. The van der Waals surface area contributed by atoms with Crippen molar-refractivity contribution in [1.29, 1.82) is 0 Å². The number of nitrogens with zero attached hydrogens (tertiary/aromatic N) is 4. The maximum Gasteiger partial charge on any atom is 0.353 e. The Bertz CT molecular complexity index is 749. The van der Waals surface area contributed by atoms with Gasteiger partial charge in [-0.15, -0.1) is 0 Å². The number of benzene rings is 1. The number of para-hydroxylation sites is 2. The summed E-state index contributed by atoms with van der Waals surface area (Å²) >= 11 is 0. The summed E-state index contributed by atoms with van der Waals surface area (Å²) in [7, 11) is 1.43. The highest BCUT2D eigenvalue weighted by Gasteiger charge is 2.23. The van der Waals surface area contributed by atoms with Gasteiger partial charge in [0.15, 0.2) is 0 Å². The Balaban J connectivity index is 2.45. The van der Waals surface area contributed by atoms with Crippen molar-refractivity contribution in [2.24, 2.45) is 0 Å². The molecule has 2 aromatic rings. The van der Waals surface area contributed by atoms with Crippen LogP contribution >= 0.6 is 0 Å². The average molecular weight is 305 g/mol. The van der Waals surface area contributed by atoms with Gasteiger partial charge in [-0.05, 0) is 6.07 Å². The molecule has 0 saturated carbocycles. The van der Waals surface area contributed by atoms with Gasteiger partial charge >= 0.3 is 5.69 Å². The number of rotatable bonds is 5. The average Bonchev–Trinajstić information content (AvgIpc) is 2.46. The van der Waals surface area contributed by atoms with Crippen molar-refractivity contribution >= 4 is 34.6 Å². The maximum atomic E-state index is 10.9. The van der Waals surface area contributed by atoms with E-state index in [4.69, 9.17) is 5.73 Å². The Morgan fingerprint density at radius 1 is 1.14 bits per heavy atom. The lowest BCUT2D eigenvalue weighted by molar-refractivity contribution is -0.383. The summed E-state index contributed by atoms with van der Waals surface area (Å²) in [5.74, 6) is -0.550. The van der Waals surface area contributed by atoms with E-state index in [-0.39, 0.29) is 29.0 Å². The molecule has 11 nitrogen and oxygen atoms in total. The van der Waals surface area contributed by atoms with Gasteiger partial charge in [0.25, 0.3) is 5.69 Å². The number of hydrogen-bond donors (Lipinski definition) is 3. The van der Waals surface area contributed by atoms with Gasteiger partial charge < -0.3 is 16.4 Å². The molecule has 0 amide bonds. The summed E-state index contributed by atoms with van der Waals surface area (Å²) in [6.45, 7) is 0. The van der Waals surface area contributed by atoms with Crippen LogP contribution in [0.25, 0.3) is 0 Å². The lowest BCUT2D eigenvalue weighted by atomic mass is 10.3. The van der Waals surface area contributed by atoms with Gasteiger partial charge in [0.1, 0.15) is 5.69 Å². The lowest BCUT2D eigenvalue weighted by Crippen LogP contribution is -2.09. The van der Waals surface area contributed by atoms with Gasteiger partial charge in [0.05, 0.1) is 9.85 Å². The van der Waals surface area contributed by atoms with Crippen molar-refractivity contribution in [3.63, 3.8) is 0 Å². The lowest BCUT2D eigenvalue weighted by Gasteiger charge is -2.08. The van der Waals surface area contributed by atoms with E-state index < -0.39 is 15.5 Å². The monoisotopic (exact) mass is 305 g/mol. The molecule has 4 N–H and O–H groups in total. The van der Waals surface area contributed by atoms with E-state index in [1.165, 1.54) is 25.2 Å². The minimum atomic E-state index is -0.712. The third-order valence-electron chi connectivity index (χ3n) is 2.68.